The molecule has 1 heterocycles. The molecule has 0 atom stereocenters. The molecule has 0 aliphatic carbocycles. The van der Waals surface area contributed by atoms with E-state index < -0.39 is 5.91 Å². The zero-order valence-electron chi connectivity index (χ0n) is 11.7. The number of amides is 1. The fourth-order valence-corrected chi connectivity index (χ4v) is 2.00. The van der Waals surface area contributed by atoms with Crippen molar-refractivity contribution in [3.05, 3.63) is 52.4 Å². The van der Waals surface area contributed by atoms with Gasteiger partial charge in [0, 0.05) is 17.8 Å². The van der Waals surface area contributed by atoms with Crippen molar-refractivity contribution in [1.82, 2.24) is 4.98 Å². The topological polar surface area (TPSA) is 54.0 Å². The van der Waals surface area contributed by atoms with Crippen LogP contribution in [0.3, 0.4) is 0 Å². The molecule has 0 unspecified atom stereocenters. The summed E-state index contributed by atoms with van der Waals surface area (Å²) in [7, 11) is 0. The number of rotatable bonds is 4. The third-order valence-electron chi connectivity index (χ3n) is 2.93. The van der Waals surface area contributed by atoms with Crippen LogP contribution >= 0.6 is 11.6 Å². The molecule has 2 rings (SSSR count). The SMILES string of the molecule is CCNc1ccc(Cl)c(C(=O)Nc2cccc(F)c2C)n1. The molecule has 0 aliphatic heterocycles. The minimum Gasteiger partial charge on any atom is -0.370 e. The van der Waals surface area contributed by atoms with E-state index in [2.05, 4.69) is 15.6 Å². The summed E-state index contributed by atoms with van der Waals surface area (Å²) in [6.45, 7) is 4.19. The first-order chi connectivity index (χ1) is 10.0. The van der Waals surface area contributed by atoms with E-state index in [1.807, 2.05) is 6.92 Å². The maximum absolute atomic E-state index is 13.5. The lowest BCUT2D eigenvalue weighted by Crippen LogP contribution is -2.16. The van der Waals surface area contributed by atoms with Crippen molar-refractivity contribution < 1.29 is 9.18 Å². The number of pyridine rings is 1. The van der Waals surface area contributed by atoms with Crippen molar-refractivity contribution in [2.75, 3.05) is 17.2 Å². The highest BCUT2D eigenvalue weighted by molar-refractivity contribution is 6.34. The summed E-state index contributed by atoms with van der Waals surface area (Å²) in [6.07, 6.45) is 0. The van der Waals surface area contributed by atoms with Crippen LogP contribution in [0.15, 0.2) is 30.3 Å². The third kappa shape index (κ3) is 3.49. The Kier molecular flexibility index (Phi) is 4.75. The second-order valence-electron chi connectivity index (χ2n) is 4.42. The quantitative estimate of drug-likeness (QED) is 0.901. The second-order valence-corrected chi connectivity index (χ2v) is 4.83. The Morgan fingerprint density at radius 2 is 2.10 bits per heavy atom. The lowest BCUT2D eigenvalue weighted by molar-refractivity contribution is 0.102. The molecule has 1 aromatic carbocycles. The Morgan fingerprint density at radius 3 is 2.81 bits per heavy atom. The molecule has 21 heavy (non-hydrogen) atoms. The maximum Gasteiger partial charge on any atom is 0.275 e. The van der Waals surface area contributed by atoms with Gasteiger partial charge in [-0.15, -0.1) is 0 Å². The van der Waals surface area contributed by atoms with Gasteiger partial charge in [0.2, 0.25) is 0 Å². The smallest absolute Gasteiger partial charge is 0.275 e. The molecule has 0 aliphatic rings. The molecule has 0 saturated heterocycles. The molecule has 1 aromatic heterocycles. The van der Waals surface area contributed by atoms with Crippen molar-refractivity contribution in [3.8, 4) is 0 Å². The normalized spacial score (nSPS) is 10.3. The lowest BCUT2D eigenvalue weighted by atomic mass is 10.2. The number of benzene rings is 1. The van der Waals surface area contributed by atoms with Gasteiger partial charge in [-0.1, -0.05) is 17.7 Å². The second kappa shape index (κ2) is 6.54. The van der Waals surface area contributed by atoms with E-state index in [0.717, 1.165) is 0 Å². The summed E-state index contributed by atoms with van der Waals surface area (Å²) >= 11 is 6.00. The molecule has 2 N–H and O–H groups in total. The van der Waals surface area contributed by atoms with Gasteiger partial charge >= 0.3 is 0 Å². The van der Waals surface area contributed by atoms with Gasteiger partial charge in [0.05, 0.1) is 5.02 Å². The van der Waals surface area contributed by atoms with E-state index in [4.69, 9.17) is 11.6 Å². The molecule has 4 nitrogen and oxygen atoms in total. The molecule has 2 aromatic rings. The summed E-state index contributed by atoms with van der Waals surface area (Å²) in [4.78, 5) is 16.4. The Hall–Kier alpha value is -2.14. The molecular formula is C15H15ClFN3O. The minimum atomic E-state index is -0.478. The van der Waals surface area contributed by atoms with E-state index in [9.17, 15) is 9.18 Å². The largest absolute Gasteiger partial charge is 0.370 e. The molecule has 1 amide bonds. The number of nitrogens with one attached hydrogen (secondary N) is 2. The predicted molar refractivity (Wildman–Crippen MR) is 82.5 cm³/mol. The highest BCUT2D eigenvalue weighted by Gasteiger charge is 2.15. The standard InChI is InChI=1S/C15H15ClFN3O/c1-3-18-13-8-7-10(16)14(20-13)15(21)19-12-6-4-5-11(17)9(12)2/h4-8H,3H2,1-2H3,(H,18,20)(H,19,21). The van der Waals surface area contributed by atoms with Crippen LogP contribution in [0.25, 0.3) is 0 Å². The Labute approximate surface area is 127 Å². The molecule has 0 fully saturated rings. The number of aromatic nitrogens is 1. The molecule has 110 valence electrons. The fourth-order valence-electron chi connectivity index (χ4n) is 1.81. The summed E-state index contributed by atoms with van der Waals surface area (Å²) in [5, 5.41) is 5.87. The van der Waals surface area contributed by atoms with E-state index >= 15 is 0 Å². The fraction of sp³-hybridized carbons (Fsp3) is 0.200. The van der Waals surface area contributed by atoms with Crippen LogP contribution in [0.5, 0.6) is 0 Å². The highest BCUT2D eigenvalue weighted by Crippen LogP contribution is 2.21. The molecule has 0 saturated carbocycles. The van der Waals surface area contributed by atoms with Crippen LogP contribution in [0, 0.1) is 12.7 Å². The summed E-state index contributed by atoms with van der Waals surface area (Å²) in [6, 6.07) is 7.78. The first kappa shape index (κ1) is 15.3. The van der Waals surface area contributed by atoms with Crippen molar-refractivity contribution >= 4 is 29.0 Å². The third-order valence-corrected chi connectivity index (χ3v) is 3.24. The predicted octanol–water partition coefficient (Wildman–Crippen LogP) is 3.87. The Bertz CT molecular complexity index is 676. The molecule has 0 radical (unpaired) electrons. The zero-order valence-corrected chi connectivity index (χ0v) is 12.5. The van der Waals surface area contributed by atoms with E-state index in [1.165, 1.54) is 12.1 Å². The van der Waals surface area contributed by atoms with Crippen LogP contribution < -0.4 is 10.6 Å². The number of anilines is 2. The summed E-state index contributed by atoms with van der Waals surface area (Å²) in [5.74, 6) is -0.301. The Morgan fingerprint density at radius 1 is 1.33 bits per heavy atom. The number of hydrogen-bond acceptors (Lipinski definition) is 3. The zero-order chi connectivity index (χ0) is 15.4. The van der Waals surface area contributed by atoms with E-state index in [0.29, 0.717) is 23.6 Å². The lowest BCUT2D eigenvalue weighted by Gasteiger charge is -2.10. The first-order valence-electron chi connectivity index (χ1n) is 6.49. The van der Waals surface area contributed by atoms with E-state index in [1.54, 1.807) is 25.1 Å². The average Bonchev–Trinajstić information content (AvgIpc) is 2.46. The van der Waals surface area contributed by atoms with Crippen LogP contribution in [0.2, 0.25) is 5.02 Å². The van der Waals surface area contributed by atoms with Gasteiger partial charge in [-0.3, -0.25) is 4.79 Å². The van der Waals surface area contributed by atoms with Crippen molar-refractivity contribution in [2.24, 2.45) is 0 Å². The van der Waals surface area contributed by atoms with Crippen LogP contribution in [0.4, 0.5) is 15.9 Å². The maximum atomic E-state index is 13.5. The van der Waals surface area contributed by atoms with Gasteiger partial charge in [0.1, 0.15) is 17.3 Å². The Balaban J connectivity index is 2.28. The van der Waals surface area contributed by atoms with Gasteiger partial charge in [0.15, 0.2) is 0 Å². The van der Waals surface area contributed by atoms with Gasteiger partial charge in [-0.25, -0.2) is 9.37 Å². The van der Waals surface area contributed by atoms with Crippen molar-refractivity contribution in [1.29, 1.82) is 0 Å². The van der Waals surface area contributed by atoms with Crippen LogP contribution in [0.1, 0.15) is 23.0 Å². The molecule has 0 spiro atoms. The number of carbonyl (C=O) groups excluding carboxylic acids is 1. The summed E-state index contributed by atoms with van der Waals surface area (Å²) in [5.41, 5.74) is 0.857. The number of nitrogens with zero attached hydrogens (tertiary/aromatic N) is 1. The minimum absolute atomic E-state index is 0.0961. The van der Waals surface area contributed by atoms with Crippen molar-refractivity contribution in [2.45, 2.75) is 13.8 Å². The highest BCUT2D eigenvalue weighted by atomic mass is 35.5. The number of halogens is 2. The van der Waals surface area contributed by atoms with Crippen LogP contribution in [-0.2, 0) is 0 Å². The number of carbonyl (C=O) groups is 1. The van der Waals surface area contributed by atoms with Gasteiger partial charge < -0.3 is 10.6 Å². The molecule has 0 bridgehead atoms. The summed E-state index contributed by atoms with van der Waals surface area (Å²) < 4.78 is 13.5. The van der Waals surface area contributed by atoms with E-state index in [-0.39, 0.29) is 16.5 Å². The van der Waals surface area contributed by atoms with Crippen molar-refractivity contribution in [3.63, 3.8) is 0 Å². The number of hydrogen-bond donors (Lipinski definition) is 2. The van der Waals surface area contributed by atoms with Gasteiger partial charge in [0.25, 0.3) is 5.91 Å². The monoisotopic (exact) mass is 307 g/mol. The van der Waals surface area contributed by atoms with Crippen LogP contribution in [-0.4, -0.2) is 17.4 Å². The van der Waals surface area contributed by atoms with Gasteiger partial charge in [-0.2, -0.15) is 0 Å². The van der Waals surface area contributed by atoms with Gasteiger partial charge in [-0.05, 0) is 38.1 Å². The average molecular weight is 308 g/mol. The molecule has 6 heteroatoms. The molecular weight excluding hydrogens is 293 g/mol. The first-order valence-corrected chi connectivity index (χ1v) is 6.87.